The minimum atomic E-state index is -1.09. The first-order valence-corrected chi connectivity index (χ1v) is 10.5. The van der Waals surface area contributed by atoms with Gasteiger partial charge in [-0.25, -0.2) is 4.79 Å². The summed E-state index contributed by atoms with van der Waals surface area (Å²) in [7, 11) is 1.31. The summed E-state index contributed by atoms with van der Waals surface area (Å²) in [5.41, 5.74) is -0.470. The van der Waals surface area contributed by atoms with Crippen molar-refractivity contribution in [1.82, 2.24) is 5.32 Å². The standard InChI is InChI=1S/C23H27N3O8/c1-5-33-20-10-16(18(26(30)31)11-19(20)32-4)23(29)34-13-21(27)25-17-9-7-6-8-15(17)22(28)24-12-14(2)3/h6-11,14H,5,12-13H2,1-4H3,(H,24,28)(H,25,27). The van der Waals surface area contributed by atoms with E-state index >= 15 is 0 Å². The zero-order valence-electron chi connectivity index (χ0n) is 19.4. The smallest absolute Gasteiger partial charge is 0.345 e. The Morgan fingerprint density at radius 2 is 1.79 bits per heavy atom. The van der Waals surface area contributed by atoms with Gasteiger partial charge >= 0.3 is 5.97 Å². The summed E-state index contributed by atoms with van der Waals surface area (Å²) in [5.74, 6) is -1.73. The summed E-state index contributed by atoms with van der Waals surface area (Å²) >= 11 is 0. The van der Waals surface area contributed by atoms with E-state index in [-0.39, 0.29) is 41.2 Å². The lowest BCUT2D eigenvalue weighted by atomic mass is 10.1. The lowest BCUT2D eigenvalue weighted by Crippen LogP contribution is -2.29. The van der Waals surface area contributed by atoms with Gasteiger partial charge in [-0.05, 0) is 25.0 Å². The number of carbonyl (C=O) groups excluding carboxylic acids is 3. The van der Waals surface area contributed by atoms with Crippen molar-refractivity contribution in [3.8, 4) is 11.5 Å². The number of esters is 1. The quantitative estimate of drug-likeness (QED) is 0.287. The summed E-state index contributed by atoms with van der Waals surface area (Å²) in [6.45, 7) is 5.57. The van der Waals surface area contributed by atoms with E-state index in [0.717, 1.165) is 12.1 Å². The van der Waals surface area contributed by atoms with Crippen molar-refractivity contribution in [3.05, 3.63) is 57.6 Å². The summed E-state index contributed by atoms with van der Waals surface area (Å²) in [5, 5.41) is 16.7. The first-order valence-electron chi connectivity index (χ1n) is 10.5. The van der Waals surface area contributed by atoms with E-state index < -0.39 is 34.7 Å². The van der Waals surface area contributed by atoms with Crippen LogP contribution in [0, 0.1) is 16.0 Å². The number of ether oxygens (including phenoxy) is 3. The third kappa shape index (κ3) is 6.92. The second kappa shape index (κ2) is 12.2. The average Bonchev–Trinajstić information content (AvgIpc) is 2.81. The average molecular weight is 473 g/mol. The van der Waals surface area contributed by atoms with Crippen LogP contribution in [0.4, 0.5) is 11.4 Å². The van der Waals surface area contributed by atoms with Gasteiger partial charge in [0.2, 0.25) is 0 Å². The van der Waals surface area contributed by atoms with Crippen molar-refractivity contribution in [3.63, 3.8) is 0 Å². The van der Waals surface area contributed by atoms with E-state index in [2.05, 4.69) is 10.6 Å². The maximum atomic E-state index is 12.5. The number of hydrogen-bond acceptors (Lipinski definition) is 8. The van der Waals surface area contributed by atoms with Crippen LogP contribution in [0.3, 0.4) is 0 Å². The fourth-order valence-corrected chi connectivity index (χ4v) is 2.87. The lowest BCUT2D eigenvalue weighted by molar-refractivity contribution is -0.385. The van der Waals surface area contributed by atoms with Crippen LogP contribution < -0.4 is 20.1 Å². The summed E-state index contributed by atoms with van der Waals surface area (Å²) < 4.78 is 15.4. The fraction of sp³-hybridized carbons (Fsp3) is 0.348. The molecule has 0 heterocycles. The third-order valence-corrected chi connectivity index (χ3v) is 4.45. The molecular formula is C23H27N3O8. The number of anilines is 1. The molecule has 11 heteroatoms. The van der Waals surface area contributed by atoms with E-state index in [1.165, 1.54) is 13.2 Å². The minimum absolute atomic E-state index is 0.0789. The molecule has 0 fully saturated rings. The number of nitro groups is 1. The molecular weight excluding hydrogens is 446 g/mol. The van der Waals surface area contributed by atoms with Gasteiger partial charge in [0.25, 0.3) is 17.5 Å². The lowest BCUT2D eigenvalue weighted by Gasteiger charge is -2.13. The van der Waals surface area contributed by atoms with Crippen molar-refractivity contribution in [2.45, 2.75) is 20.8 Å². The van der Waals surface area contributed by atoms with Crippen LogP contribution in [0.15, 0.2) is 36.4 Å². The fourth-order valence-electron chi connectivity index (χ4n) is 2.87. The molecule has 0 radical (unpaired) electrons. The van der Waals surface area contributed by atoms with Crippen LogP contribution in [0.5, 0.6) is 11.5 Å². The number of para-hydroxylation sites is 1. The van der Waals surface area contributed by atoms with Crippen LogP contribution in [-0.2, 0) is 9.53 Å². The number of nitrogens with zero attached hydrogens (tertiary/aromatic N) is 1. The minimum Gasteiger partial charge on any atom is -0.493 e. The summed E-state index contributed by atoms with van der Waals surface area (Å²) in [6.07, 6.45) is 0. The largest absolute Gasteiger partial charge is 0.493 e. The zero-order valence-corrected chi connectivity index (χ0v) is 19.4. The molecule has 0 atom stereocenters. The Kier molecular flexibility index (Phi) is 9.36. The van der Waals surface area contributed by atoms with Gasteiger partial charge in [0.05, 0.1) is 36.0 Å². The van der Waals surface area contributed by atoms with Gasteiger partial charge in [0, 0.05) is 12.6 Å². The molecule has 0 saturated heterocycles. The van der Waals surface area contributed by atoms with Crippen molar-refractivity contribution in [2.24, 2.45) is 5.92 Å². The summed E-state index contributed by atoms with van der Waals surface area (Å²) in [6, 6.07) is 8.55. The van der Waals surface area contributed by atoms with Crippen LogP contribution in [0.2, 0.25) is 0 Å². The molecule has 0 bridgehead atoms. The molecule has 2 rings (SSSR count). The number of amides is 2. The monoisotopic (exact) mass is 473 g/mol. The van der Waals surface area contributed by atoms with E-state index in [4.69, 9.17) is 14.2 Å². The zero-order chi connectivity index (χ0) is 25.3. The number of carbonyl (C=O) groups is 3. The van der Waals surface area contributed by atoms with Gasteiger partial charge in [-0.15, -0.1) is 0 Å². The first-order chi connectivity index (χ1) is 16.2. The number of nitrogens with one attached hydrogen (secondary N) is 2. The van der Waals surface area contributed by atoms with E-state index in [1.807, 2.05) is 13.8 Å². The SMILES string of the molecule is CCOc1cc(C(=O)OCC(=O)Nc2ccccc2C(=O)NCC(C)C)c([N+](=O)[O-])cc1OC. The molecule has 2 N–H and O–H groups in total. The van der Waals surface area contributed by atoms with Crippen molar-refractivity contribution in [2.75, 3.05) is 32.2 Å². The van der Waals surface area contributed by atoms with Gasteiger partial charge < -0.3 is 24.8 Å². The Morgan fingerprint density at radius 3 is 2.41 bits per heavy atom. The van der Waals surface area contributed by atoms with E-state index in [0.29, 0.717) is 6.54 Å². The normalized spacial score (nSPS) is 10.4. The Morgan fingerprint density at radius 1 is 1.09 bits per heavy atom. The molecule has 2 amide bonds. The number of rotatable bonds is 11. The molecule has 0 aromatic heterocycles. The predicted molar refractivity (Wildman–Crippen MR) is 123 cm³/mol. The van der Waals surface area contributed by atoms with Gasteiger partial charge in [0.1, 0.15) is 5.56 Å². The molecule has 0 aliphatic carbocycles. The first kappa shape index (κ1) is 26.1. The van der Waals surface area contributed by atoms with Crippen LogP contribution in [-0.4, -0.2) is 49.6 Å². The molecule has 0 spiro atoms. The Balaban J connectivity index is 2.13. The highest BCUT2D eigenvalue weighted by Crippen LogP contribution is 2.35. The highest BCUT2D eigenvalue weighted by atomic mass is 16.6. The van der Waals surface area contributed by atoms with Crippen molar-refractivity contribution >= 4 is 29.2 Å². The van der Waals surface area contributed by atoms with E-state index in [1.54, 1.807) is 25.1 Å². The second-order valence-electron chi connectivity index (χ2n) is 7.48. The molecule has 34 heavy (non-hydrogen) atoms. The highest BCUT2D eigenvalue weighted by Gasteiger charge is 2.26. The number of nitro benzene ring substituents is 1. The molecule has 0 aliphatic rings. The van der Waals surface area contributed by atoms with Gasteiger partial charge in [-0.2, -0.15) is 0 Å². The molecule has 182 valence electrons. The second-order valence-corrected chi connectivity index (χ2v) is 7.48. The highest BCUT2D eigenvalue weighted by molar-refractivity contribution is 6.04. The van der Waals surface area contributed by atoms with Gasteiger partial charge in [-0.3, -0.25) is 19.7 Å². The molecule has 2 aromatic rings. The Labute approximate surface area is 196 Å². The topological polar surface area (TPSA) is 146 Å². The maximum Gasteiger partial charge on any atom is 0.345 e. The molecule has 0 aliphatic heterocycles. The maximum absolute atomic E-state index is 12.5. The molecule has 0 unspecified atom stereocenters. The Hall–Kier alpha value is -4.15. The van der Waals surface area contributed by atoms with Crippen molar-refractivity contribution < 1.29 is 33.5 Å². The molecule has 0 saturated carbocycles. The van der Waals surface area contributed by atoms with Crippen LogP contribution in [0.1, 0.15) is 41.5 Å². The third-order valence-electron chi connectivity index (χ3n) is 4.45. The molecule has 11 nitrogen and oxygen atoms in total. The summed E-state index contributed by atoms with van der Waals surface area (Å²) in [4.78, 5) is 48.0. The number of hydrogen-bond donors (Lipinski definition) is 2. The number of benzene rings is 2. The van der Waals surface area contributed by atoms with Gasteiger partial charge in [0.15, 0.2) is 18.1 Å². The van der Waals surface area contributed by atoms with Gasteiger partial charge in [-0.1, -0.05) is 26.0 Å². The van der Waals surface area contributed by atoms with Crippen LogP contribution in [0.25, 0.3) is 0 Å². The van der Waals surface area contributed by atoms with E-state index in [9.17, 15) is 24.5 Å². The predicted octanol–water partition coefficient (Wildman–Crippen LogP) is 3.18. The molecule has 2 aromatic carbocycles. The van der Waals surface area contributed by atoms with Crippen LogP contribution >= 0.6 is 0 Å². The number of methoxy groups -OCH3 is 1. The van der Waals surface area contributed by atoms with Crippen molar-refractivity contribution in [1.29, 1.82) is 0 Å². The Bertz CT molecular complexity index is 1070.